The smallest absolute Gasteiger partial charge is 0.307 e. The van der Waals surface area contributed by atoms with E-state index in [9.17, 15) is 9.59 Å². The van der Waals surface area contributed by atoms with Gasteiger partial charge in [0.25, 0.3) is 0 Å². The molecule has 0 aromatic carbocycles. The molecule has 2 saturated carbocycles. The van der Waals surface area contributed by atoms with E-state index in [-0.39, 0.29) is 24.0 Å². The molecule has 2 aliphatic rings. The summed E-state index contributed by atoms with van der Waals surface area (Å²) in [6.07, 6.45) is 3.51. The van der Waals surface area contributed by atoms with Crippen molar-refractivity contribution in [1.82, 2.24) is 5.32 Å². The van der Waals surface area contributed by atoms with Gasteiger partial charge in [-0.05, 0) is 25.7 Å². The molecule has 2 rings (SSSR count). The Labute approximate surface area is 94.2 Å². The lowest BCUT2D eigenvalue weighted by Crippen LogP contribution is -2.41. The van der Waals surface area contributed by atoms with E-state index in [1.54, 1.807) is 7.11 Å². The third-order valence-corrected chi connectivity index (χ3v) is 3.53. The molecule has 4 atom stereocenters. The van der Waals surface area contributed by atoms with Gasteiger partial charge >= 0.3 is 5.97 Å². The fourth-order valence-electron chi connectivity index (χ4n) is 2.42. The van der Waals surface area contributed by atoms with Gasteiger partial charge in [-0.2, -0.15) is 0 Å². The SMILES string of the molecule is COC1CCCC1NC(=O)[C@@H]1C[C@@H]1C(=O)O. The quantitative estimate of drug-likeness (QED) is 0.728. The number of carbonyl (C=O) groups is 2. The van der Waals surface area contributed by atoms with Crippen molar-refractivity contribution < 1.29 is 19.4 Å². The monoisotopic (exact) mass is 227 g/mol. The number of rotatable bonds is 4. The number of carboxylic acids is 1. The van der Waals surface area contributed by atoms with E-state index in [0.29, 0.717) is 6.42 Å². The molecule has 5 heteroatoms. The minimum absolute atomic E-state index is 0.0625. The highest BCUT2D eigenvalue weighted by Crippen LogP contribution is 2.39. The maximum absolute atomic E-state index is 11.7. The standard InChI is InChI=1S/C11H17NO4/c1-16-9-4-2-3-8(9)12-10(13)6-5-7(6)11(14)15/h6-9H,2-5H2,1H3,(H,12,13)(H,14,15)/t6-,7+,8?,9?/m1/s1. The summed E-state index contributed by atoms with van der Waals surface area (Å²) in [5, 5.41) is 11.6. The molecule has 0 aromatic rings. The highest BCUT2D eigenvalue weighted by molar-refractivity contribution is 5.89. The summed E-state index contributed by atoms with van der Waals surface area (Å²) in [6.45, 7) is 0. The van der Waals surface area contributed by atoms with Crippen molar-refractivity contribution in [3.05, 3.63) is 0 Å². The highest BCUT2D eigenvalue weighted by atomic mass is 16.5. The van der Waals surface area contributed by atoms with Gasteiger partial charge in [-0.15, -0.1) is 0 Å². The summed E-state index contributed by atoms with van der Waals surface area (Å²) in [4.78, 5) is 22.3. The molecule has 0 bridgehead atoms. The lowest BCUT2D eigenvalue weighted by atomic mass is 10.2. The Hall–Kier alpha value is -1.10. The molecule has 2 N–H and O–H groups in total. The number of aliphatic carboxylic acids is 1. The normalized spacial score (nSPS) is 37.1. The molecule has 2 aliphatic carbocycles. The van der Waals surface area contributed by atoms with Crippen LogP contribution in [0.3, 0.4) is 0 Å². The fourth-order valence-corrected chi connectivity index (χ4v) is 2.42. The van der Waals surface area contributed by atoms with Gasteiger partial charge in [-0.25, -0.2) is 0 Å². The predicted molar refractivity (Wildman–Crippen MR) is 55.8 cm³/mol. The number of methoxy groups -OCH3 is 1. The van der Waals surface area contributed by atoms with Crippen LogP contribution in [0.4, 0.5) is 0 Å². The molecule has 0 spiro atoms. The van der Waals surface area contributed by atoms with E-state index in [1.165, 1.54) is 0 Å². The number of hydrogen-bond acceptors (Lipinski definition) is 3. The van der Waals surface area contributed by atoms with Gasteiger partial charge in [-0.3, -0.25) is 9.59 Å². The van der Waals surface area contributed by atoms with Crippen LogP contribution in [0.2, 0.25) is 0 Å². The van der Waals surface area contributed by atoms with Crippen molar-refractivity contribution >= 4 is 11.9 Å². The number of carbonyl (C=O) groups excluding carboxylic acids is 1. The molecule has 5 nitrogen and oxygen atoms in total. The van der Waals surface area contributed by atoms with E-state index in [1.807, 2.05) is 0 Å². The van der Waals surface area contributed by atoms with Crippen LogP contribution in [-0.4, -0.2) is 36.2 Å². The Bertz CT molecular complexity index is 304. The molecule has 0 saturated heterocycles. The summed E-state index contributed by atoms with van der Waals surface area (Å²) < 4.78 is 5.27. The third-order valence-electron chi connectivity index (χ3n) is 3.53. The van der Waals surface area contributed by atoms with Crippen LogP contribution in [0.5, 0.6) is 0 Å². The zero-order valence-electron chi connectivity index (χ0n) is 9.31. The van der Waals surface area contributed by atoms with Crippen LogP contribution in [0.1, 0.15) is 25.7 Å². The van der Waals surface area contributed by atoms with Gasteiger partial charge in [-0.1, -0.05) is 0 Å². The number of nitrogens with one attached hydrogen (secondary N) is 1. The third kappa shape index (κ3) is 2.19. The minimum atomic E-state index is -0.866. The van der Waals surface area contributed by atoms with E-state index in [2.05, 4.69) is 5.32 Å². The summed E-state index contributed by atoms with van der Waals surface area (Å²) in [7, 11) is 1.65. The average Bonchev–Trinajstić information content (AvgIpc) is 2.94. The number of carboxylic acid groups (broad SMARTS) is 1. The zero-order valence-corrected chi connectivity index (χ0v) is 9.31. The first-order valence-electron chi connectivity index (χ1n) is 5.69. The van der Waals surface area contributed by atoms with E-state index in [0.717, 1.165) is 19.3 Å². The first-order chi connectivity index (χ1) is 7.63. The Kier molecular flexibility index (Phi) is 3.14. The second-order valence-corrected chi connectivity index (χ2v) is 4.61. The molecule has 90 valence electrons. The molecule has 0 radical (unpaired) electrons. The van der Waals surface area contributed by atoms with Crippen molar-refractivity contribution in [3.63, 3.8) is 0 Å². The van der Waals surface area contributed by atoms with E-state index < -0.39 is 11.9 Å². The van der Waals surface area contributed by atoms with Crippen molar-refractivity contribution in [1.29, 1.82) is 0 Å². The van der Waals surface area contributed by atoms with Crippen LogP contribution in [0, 0.1) is 11.8 Å². The lowest BCUT2D eigenvalue weighted by molar-refractivity contribution is -0.140. The molecular weight excluding hydrogens is 210 g/mol. The largest absolute Gasteiger partial charge is 0.481 e. The molecule has 0 heterocycles. The number of hydrogen-bond donors (Lipinski definition) is 2. The van der Waals surface area contributed by atoms with Gasteiger partial charge in [0.1, 0.15) is 0 Å². The van der Waals surface area contributed by atoms with Gasteiger partial charge in [0.2, 0.25) is 5.91 Å². The maximum Gasteiger partial charge on any atom is 0.307 e. The van der Waals surface area contributed by atoms with Gasteiger partial charge in [0.15, 0.2) is 0 Å². The summed E-state index contributed by atoms with van der Waals surface area (Å²) in [5.74, 6) is -1.78. The minimum Gasteiger partial charge on any atom is -0.481 e. The molecule has 2 fully saturated rings. The van der Waals surface area contributed by atoms with Crippen molar-refractivity contribution in [2.45, 2.75) is 37.8 Å². The highest BCUT2D eigenvalue weighted by Gasteiger charge is 2.49. The number of ether oxygens (including phenoxy) is 1. The average molecular weight is 227 g/mol. The first-order valence-corrected chi connectivity index (χ1v) is 5.69. The Morgan fingerprint density at radius 2 is 2.06 bits per heavy atom. The predicted octanol–water partition coefficient (Wildman–Crippen LogP) is 0.391. The van der Waals surface area contributed by atoms with Crippen LogP contribution < -0.4 is 5.32 Å². The molecule has 0 aliphatic heterocycles. The van der Waals surface area contributed by atoms with Crippen molar-refractivity contribution in [2.24, 2.45) is 11.8 Å². The lowest BCUT2D eigenvalue weighted by Gasteiger charge is -2.19. The Morgan fingerprint density at radius 1 is 1.31 bits per heavy atom. The maximum atomic E-state index is 11.7. The summed E-state index contributed by atoms with van der Waals surface area (Å²) >= 11 is 0. The zero-order chi connectivity index (χ0) is 11.7. The van der Waals surface area contributed by atoms with Gasteiger partial charge in [0, 0.05) is 7.11 Å². The topological polar surface area (TPSA) is 75.6 Å². The molecule has 2 unspecified atom stereocenters. The second kappa shape index (κ2) is 4.41. The molecular formula is C11H17NO4. The van der Waals surface area contributed by atoms with Gasteiger partial charge in [0.05, 0.1) is 24.0 Å². The first kappa shape index (κ1) is 11.4. The van der Waals surface area contributed by atoms with E-state index >= 15 is 0 Å². The van der Waals surface area contributed by atoms with Crippen molar-refractivity contribution in [3.8, 4) is 0 Å². The fraction of sp³-hybridized carbons (Fsp3) is 0.818. The van der Waals surface area contributed by atoms with Gasteiger partial charge < -0.3 is 15.2 Å². The number of amides is 1. The molecule has 0 aromatic heterocycles. The van der Waals surface area contributed by atoms with Crippen LogP contribution in [-0.2, 0) is 14.3 Å². The molecule has 16 heavy (non-hydrogen) atoms. The van der Waals surface area contributed by atoms with Crippen LogP contribution in [0.15, 0.2) is 0 Å². The summed E-state index contributed by atoms with van der Waals surface area (Å²) in [6, 6.07) is 0.0625. The Morgan fingerprint density at radius 3 is 2.62 bits per heavy atom. The second-order valence-electron chi connectivity index (χ2n) is 4.61. The van der Waals surface area contributed by atoms with Crippen LogP contribution >= 0.6 is 0 Å². The Balaban J connectivity index is 1.82. The van der Waals surface area contributed by atoms with Crippen LogP contribution in [0.25, 0.3) is 0 Å². The summed E-state index contributed by atoms with van der Waals surface area (Å²) in [5.41, 5.74) is 0. The van der Waals surface area contributed by atoms with E-state index in [4.69, 9.17) is 9.84 Å². The molecule has 1 amide bonds. The van der Waals surface area contributed by atoms with Crippen molar-refractivity contribution in [2.75, 3.05) is 7.11 Å².